The number of hydrogen-bond acceptors (Lipinski definition) is 6. The number of carbonyl (C=O) groups is 2. The largest absolute Gasteiger partial charge is 0.493 e. The monoisotopic (exact) mass is 362 g/mol. The minimum Gasteiger partial charge on any atom is -0.493 e. The van der Waals surface area contributed by atoms with Crippen LogP contribution in [0, 0.1) is 0 Å². The van der Waals surface area contributed by atoms with E-state index in [1.807, 2.05) is 0 Å². The number of nitrogens with two attached hydrogens (primary N) is 1. The molecule has 0 fully saturated rings. The van der Waals surface area contributed by atoms with E-state index >= 15 is 0 Å². The van der Waals surface area contributed by atoms with Crippen molar-refractivity contribution in [2.24, 2.45) is 0 Å². The number of rotatable bonds is 6. The van der Waals surface area contributed by atoms with Crippen molar-refractivity contribution in [3.63, 3.8) is 0 Å². The molecule has 0 saturated carbocycles. The van der Waals surface area contributed by atoms with Gasteiger partial charge in [-0.3, -0.25) is 4.79 Å². The standard InChI is InChI=1S/C17H18N2O7/c1-7(2)26-10-6-8(4-5-9(10)25-3)11-12(16(21)22)14(18)19-15(20)13(11)17(23)24/h4-7H,1-3H3,(H,21,22)(H,23,24)(H3,18,19,20). The van der Waals surface area contributed by atoms with Crippen LogP contribution in [0.25, 0.3) is 11.1 Å². The first-order valence-electron chi connectivity index (χ1n) is 7.54. The van der Waals surface area contributed by atoms with Crippen LogP contribution in [0.4, 0.5) is 5.82 Å². The van der Waals surface area contributed by atoms with E-state index in [1.165, 1.54) is 25.3 Å². The lowest BCUT2D eigenvalue weighted by Gasteiger charge is -2.17. The Hall–Kier alpha value is -3.49. The van der Waals surface area contributed by atoms with E-state index in [0.717, 1.165) is 0 Å². The summed E-state index contributed by atoms with van der Waals surface area (Å²) in [7, 11) is 1.43. The van der Waals surface area contributed by atoms with Gasteiger partial charge in [-0.25, -0.2) is 9.59 Å². The number of nitrogens with one attached hydrogen (secondary N) is 1. The van der Waals surface area contributed by atoms with Crippen LogP contribution in [-0.4, -0.2) is 40.3 Å². The van der Waals surface area contributed by atoms with Crippen LogP contribution in [0.2, 0.25) is 0 Å². The molecule has 5 N–H and O–H groups in total. The number of aromatic carboxylic acids is 2. The van der Waals surface area contributed by atoms with Crippen molar-refractivity contribution in [3.05, 3.63) is 39.7 Å². The molecule has 0 aliphatic carbocycles. The Morgan fingerprint density at radius 1 is 1.12 bits per heavy atom. The Kier molecular flexibility index (Phi) is 5.20. The fraction of sp³-hybridized carbons (Fsp3) is 0.235. The van der Waals surface area contributed by atoms with E-state index in [4.69, 9.17) is 15.2 Å². The fourth-order valence-corrected chi connectivity index (χ4v) is 2.51. The summed E-state index contributed by atoms with van der Waals surface area (Å²) >= 11 is 0. The Bertz CT molecular complexity index is 931. The summed E-state index contributed by atoms with van der Waals surface area (Å²) in [5, 5.41) is 18.9. The minimum absolute atomic E-state index is 0.147. The first-order valence-corrected chi connectivity index (χ1v) is 7.54. The third-order valence-corrected chi connectivity index (χ3v) is 3.49. The summed E-state index contributed by atoms with van der Waals surface area (Å²) in [6.07, 6.45) is -0.221. The SMILES string of the molecule is COc1ccc(-c2c(C(=O)O)c(N)[nH]c(=O)c2C(=O)O)cc1OC(C)C. The summed E-state index contributed by atoms with van der Waals surface area (Å²) in [5.41, 5.74) is 3.22. The molecule has 0 radical (unpaired) electrons. The number of pyridine rings is 1. The number of aromatic nitrogens is 1. The lowest BCUT2D eigenvalue weighted by atomic mass is 9.95. The molecule has 0 spiro atoms. The highest BCUT2D eigenvalue weighted by molar-refractivity contribution is 6.07. The van der Waals surface area contributed by atoms with Gasteiger partial charge in [0.2, 0.25) is 0 Å². The maximum Gasteiger partial charge on any atom is 0.342 e. The molecule has 0 amide bonds. The van der Waals surface area contributed by atoms with Gasteiger partial charge in [0, 0.05) is 5.56 Å². The van der Waals surface area contributed by atoms with Crippen LogP contribution < -0.4 is 20.8 Å². The number of methoxy groups -OCH3 is 1. The number of aromatic amines is 1. The van der Waals surface area contributed by atoms with E-state index in [1.54, 1.807) is 13.8 Å². The third-order valence-electron chi connectivity index (χ3n) is 3.49. The molecule has 2 aromatic rings. The lowest BCUT2D eigenvalue weighted by Crippen LogP contribution is -2.24. The van der Waals surface area contributed by atoms with Gasteiger partial charge in [-0.05, 0) is 31.5 Å². The first kappa shape index (κ1) is 18.8. The quantitative estimate of drug-likeness (QED) is 0.607. The number of benzene rings is 1. The molecule has 0 saturated heterocycles. The highest BCUT2D eigenvalue weighted by Crippen LogP contribution is 2.36. The minimum atomic E-state index is -1.58. The molecule has 9 nitrogen and oxygen atoms in total. The van der Waals surface area contributed by atoms with Gasteiger partial charge in [0.1, 0.15) is 16.9 Å². The second-order valence-corrected chi connectivity index (χ2v) is 5.64. The zero-order valence-corrected chi connectivity index (χ0v) is 14.3. The summed E-state index contributed by atoms with van der Waals surface area (Å²) in [5.74, 6) is -2.85. The van der Waals surface area contributed by atoms with Crippen LogP contribution in [0.5, 0.6) is 11.5 Å². The molecule has 0 unspecified atom stereocenters. The Labute approximate surface area is 148 Å². The number of ether oxygens (including phenoxy) is 2. The van der Waals surface area contributed by atoms with Crippen molar-refractivity contribution >= 4 is 17.8 Å². The number of hydrogen-bond donors (Lipinski definition) is 4. The number of carboxylic acid groups (broad SMARTS) is 2. The van der Waals surface area contributed by atoms with Gasteiger partial charge in [-0.2, -0.15) is 0 Å². The molecule has 0 aliphatic heterocycles. The summed E-state index contributed by atoms with van der Waals surface area (Å²) in [6.45, 7) is 3.56. The van der Waals surface area contributed by atoms with E-state index in [-0.39, 0.29) is 23.0 Å². The predicted octanol–water partition coefficient (Wildman–Crippen LogP) is 1.82. The van der Waals surface area contributed by atoms with Crippen molar-refractivity contribution in [2.75, 3.05) is 12.8 Å². The molecule has 1 aromatic carbocycles. The van der Waals surface area contributed by atoms with E-state index < -0.39 is 34.4 Å². The molecule has 2 rings (SSSR count). The summed E-state index contributed by atoms with van der Waals surface area (Å²) in [4.78, 5) is 37.3. The maximum absolute atomic E-state index is 12.1. The second kappa shape index (κ2) is 7.18. The van der Waals surface area contributed by atoms with Gasteiger partial charge >= 0.3 is 11.9 Å². The van der Waals surface area contributed by atoms with Gasteiger partial charge < -0.3 is 30.4 Å². The molecule has 1 aromatic heterocycles. The van der Waals surface area contributed by atoms with E-state index in [2.05, 4.69) is 4.98 Å². The smallest absolute Gasteiger partial charge is 0.342 e. The Morgan fingerprint density at radius 2 is 1.73 bits per heavy atom. The molecule has 0 atom stereocenters. The topological polar surface area (TPSA) is 152 Å². The lowest BCUT2D eigenvalue weighted by molar-refractivity contribution is 0.0695. The number of carboxylic acids is 2. The van der Waals surface area contributed by atoms with Crippen LogP contribution >= 0.6 is 0 Å². The van der Waals surface area contributed by atoms with Crippen LogP contribution in [0.3, 0.4) is 0 Å². The number of nitrogen functional groups attached to an aromatic ring is 1. The molecule has 0 aliphatic rings. The zero-order valence-electron chi connectivity index (χ0n) is 14.3. The third kappa shape index (κ3) is 3.46. The number of anilines is 1. The average molecular weight is 362 g/mol. The molecular formula is C17H18N2O7. The molecule has 26 heavy (non-hydrogen) atoms. The molecular weight excluding hydrogens is 344 g/mol. The van der Waals surface area contributed by atoms with E-state index in [9.17, 15) is 24.6 Å². The van der Waals surface area contributed by atoms with Gasteiger partial charge in [0.05, 0.1) is 13.2 Å². The molecule has 9 heteroatoms. The van der Waals surface area contributed by atoms with Crippen molar-refractivity contribution < 1.29 is 29.3 Å². The Morgan fingerprint density at radius 3 is 2.23 bits per heavy atom. The van der Waals surface area contributed by atoms with Crippen molar-refractivity contribution in [3.8, 4) is 22.6 Å². The van der Waals surface area contributed by atoms with Crippen LogP contribution in [0.15, 0.2) is 23.0 Å². The maximum atomic E-state index is 12.1. The van der Waals surface area contributed by atoms with Gasteiger partial charge in [-0.1, -0.05) is 6.07 Å². The summed E-state index contributed by atoms with van der Waals surface area (Å²) in [6, 6.07) is 4.33. The highest BCUT2D eigenvalue weighted by Gasteiger charge is 2.27. The van der Waals surface area contributed by atoms with Crippen molar-refractivity contribution in [1.82, 2.24) is 4.98 Å². The first-order chi connectivity index (χ1) is 12.2. The van der Waals surface area contributed by atoms with Crippen LogP contribution in [0.1, 0.15) is 34.6 Å². The van der Waals surface area contributed by atoms with Gasteiger partial charge in [0.25, 0.3) is 5.56 Å². The average Bonchev–Trinajstić information content (AvgIpc) is 2.52. The van der Waals surface area contributed by atoms with Gasteiger partial charge in [0.15, 0.2) is 11.5 Å². The van der Waals surface area contributed by atoms with Crippen molar-refractivity contribution in [2.45, 2.75) is 20.0 Å². The molecule has 0 bridgehead atoms. The van der Waals surface area contributed by atoms with Gasteiger partial charge in [-0.15, -0.1) is 0 Å². The number of H-pyrrole nitrogens is 1. The fourth-order valence-electron chi connectivity index (χ4n) is 2.51. The molecule has 1 heterocycles. The zero-order chi connectivity index (χ0) is 19.6. The van der Waals surface area contributed by atoms with Crippen LogP contribution in [-0.2, 0) is 0 Å². The second-order valence-electron chi connectivity index (χ2n) is 5.64. The highest BCUT2D eigenvalue weighted by atomic mass is 16.5. The molecule has 138 valence electrons. The summed E-state index contributed by atoms with van der Waals surface area (Å²) < 4.78 is 10.8. The van der Waals surface area contributed by atoms with E-state index in [0.29, 0.717) is 5.75 Å². The predicted molar refractivity (Wildman–Crippen MR) is 93.1 cm³/mol. The van der Waals surface area contributed by atoms with Crippen molar-refractivity contribution in [1.29, 1.82) is 0 Å². The Balaban J connectivity index is 2.88. The normalized spacial score (nSPS) is 10.6.